The smallest absolute Gasteiger partial charge is 0.269 e. The molecule has 0 bridgehead atoms. The zero-order chi connectivity index (χ0) is 14.7. The van der Waals surface area contributed by atoms with Crippen molar-refractivity contribution in [2.75, 3.05) is 0 Å². The van der Waals surface area contributed by atoms with Crippen molar-refractivity contribution in [3.63, 3.8) is 0 Å². The van der Waals surface area contributed by atoms with E-state index in [1.165, 1.54) is 0 Å². The van der Waals surface area contributed by atoms with E-state index in [0.29, 0.717) is 5.69 Å². The minimum atomic E-state index is -0.0915. The zero-order valence-corrected chi connectivity index (χ0v) is 13.1. The van der Waals surface area contributed by atoms with Gasteiger partial charge >= 0.3 is 0 Å². The number of allylic oxidation sites excluding steroid dienone is 1. The molecule has 1 amide bonds. The van der Waals surface area contributed by atoms with Gasteiger partial charge in [-0.3, -0.25) is 9.89 Å². The number of hydrogen-bond acceptors (Lipinski definition) is 2. The summed E-state index contributed by atoms with van der Waals surface area (Å²) in [7, 11) is 0. The fourth-order valence-electron chi connectivity index (χ4n) is 2.39. The molecule has 1 unspecified atom stereocenters. The summed E-state index contributed by atoms with van der Waals surface area (Å²) < 4.78 is 1.02. The molecule has 1 heterocycles. The molecular formula is C16H16BrN3O. The second kappa shape index (κ2) is 6.26. The Kier molecular flexibility index (Phi) is 4.20. The van der Waals surface area contributed by atoms with E-state index in [-0.39, 0.29) is 11.9 Å². The number of carbonyl (C=O) groups excluding carboxylic acids is 1. The maximum absolute atomic E-state index is 12.2. The van der Waals surface area contributed by atoms with Gasteiger partial charge in [0.2, 0.25) is 0 Å². The molecule has 108 valence electrons. The first-order valence-corrected chi connectivity index (χ1v) is 7.79. The van der Waals surface area contributed by atoms with E-state index in [0.717, 1.165) is 35.0 Å². The molecule has 0 saturated heterocycles. The second-order valence-corrected chi connectivity index (χ2v) is 6.04. The molecule has 4 nitrogen and oxygen atoms in total. The lowest BCUT2D eigenvalue weighted by Gasteiger charge is -2.18. The summed E-state index contributed by atoms with van der Waals surface area (Å²) in [5, 5.41) is 10.1. The first-order valence-electron chi connectivity index (χ1n) is 6.99. The van der Waals surface area contributed by atoms with Gasteiger partial charge in [-0.05, 0) is 37.5 Å². The highest BCUT2D eigenvalue weighted by molar-refractivity contribution is 9.10. The lowest BCUT2D eigenvalue weighted by molar-refractivity contribution is 0.0929. The van der Waals surface area contributed by atoms with Gasteiger partial charge in [0.15, 0.2) is 0 Å². The quantitative estimate of drug-likeness (QED) is 0.833. The first kappa shape index (κ1) is 14.1. The number of nitrogens with one attached hydrogen (secondary N) is 2. The number of halogens is 1. The zero-order valence-electron chi connectivity index (χ0n) is 11.5. The molecule has 1 aromatic heterocycles. The van der Waals surface area contributed by atoms with Crippen molar-refractivity contribution in [3.05, 3.63) is 52.7 Å². The van der Waals surface area contributed by atoms with Crippen LogP contribution in [0.2, 0.25) is 0 Å². The monoisotopic (exact) mass is 345 g/mol. The number of H-pyrrole nitrogens is 1. The summed E-state index contributed by atoms with van der Waals surface area (Å²) >= 11 is 3.40. The number of nitrogens with zero attached hydrogens (tertiary/aromatic N) is 1. The van der Waals surface area contributed by atoms with Crippen LogP contribution in [0, 0.1) is 0 Å². The van der Waals surface area contributed by atoms with Gasteiger partial charge in [-0.15, -0.1) is 0 Å². The second-order valence-electron chi connectivity index (χ2n) is 5.13. The maximum Gasteiger partial charge on any atom is 0.269 e. The summed E-state index contributed by atoms with van der Waals surface area (Å²) in [5.41, 5.74) is 2.26. The van der Waals surface area contributed by atoms with Crippen LogP contribution >= 0.6 is 15.9 Å². The van der Waals surface area contributed by atoms with Gasteiger partial charge in [0.25, 0.3) is 5.91 Å². The van der Waals surface area contributed by atoms with E-state index in [1.807, 2.05) is 24.3 Å². The maximum atomic E-state index is 12.2. The highest BCUT2D eigenvalue weighted by Crippen LogP contribution is 2.20. The van der Waals surface area contributed by atoms with Crippen molar-refractivity contribution in [2.45, 2.75) is 25.3 Å². The third-order valence-electron chi connectivity index (χ3n) is 3.57. The van der Waals surface area contributed by atoms with Gasteiger partial charge in [0.05, 0.1) is 5.69 Å². The lowest BCUT2D eigenvalue weighted by Crippen LogP contribution is -2.35. The van der Waals surface area contributed by atoms with Crippen molar-refractivity contribution in [2.24, 2.45) is 0 Å². The van der Waals surface area contributed by atoms with Gasteiger partial charge in [-0.25, -0.2) is 0 Å². The van der Waals surface area contributed by atoms with Crippen molar-refractivity contribution in [1.82, 2.24) is 15.5 Å². The van der Waals surface area contributed by atoms with Gasteiger partial charge in [0.1, 0.15) is 5.69 Å². The summed E-state index contributed by atoms with van der Waals surface area (Å²) in [6.45, 7) is 0. The van der Waals surface area contributed by atoms with E-state index in [1.54, 1.807) is 6.07 Å². The molecule has 1 atom stereocenters. The highest BCUT2D eigenvalue weighted by atomic mass is 79.9. The minimum absolute atomic E-state index is 0.0915. The number of benzene rings is 1. The van der Waals surface area contributed by atoms with Crippen LogP contribution < -0.4 is 5.32 Å². The number of carbonyl (C=O) groups is 1. The van der Waals surface area contributed by atoms with E-state index < -0.39 is 0 Å². The summed E-state index contributed by atoms with van der Waals surface area (Å²) in [4.78, 5) is 12.2. The van der Waals surface area contributed by atoms with E-state index in [9.17, 15) is 4.79 Å². The SMILES string of the molecule is O=C(NC1CC=CCC1)c1cc(-c2ccc(Br)cc2)n[nH]1. The van der Waals surface area contributed by atoms with Crippen molar-refractivity contribution >= 4 is 21.8 Å². The Labute approximate surface area is 131 Å². The van der Waals surface area contributed by atoms with Crippen molar-refractivity contribution < 1.29 is 4.79 Å². The molecule has 2 aromatic rings. The Hall–Kier alpha value is -1.88. The molecular weight excluding hydrogens is 330 g/mol. The van der Waals surface area contributed by atoms with Gasteiger partial charge in [-0.2, -0.15) is 5.10 Å². The summed E-state index contributed by atoms with van der Waals surface area (Å²) in [5.74, 6) is -0.0915. The van der Waals surface area contributed by atoms with Crippen LogP contribution in [0.25, 0.3) is 11.3 Å². The highest BCUT2D eigenvalue weighted by Gasteiger charge is 2.16. The molecule has 1 aromatic carbocycles. The average molecular weight is 346 g/mol. The Morgan fingerprint density at radius 2 is 2.10 bits per heavy atom. The molecule has 2 N–H and O–H groups in total. The number of rotatable bonds is 3. The number of amides is 1. The van der Waals surface area contributed by atoms with Crippen LogP contribution in [-0.2, 0) is 0 Å². The van der Waals surface area contributed by atoms with Crippen LogP contribution in [0.5, 0.6) is 0 Å². The van der Waals surface area contributed by atoms with Gasteiger partial charge in [-0.1, -0.05) is 40.2 Å². The molecule has 5 heteroatoms. The average Bonchev–Trinajstić information content (AvgIpc) is 2.99. The molecule has 3 rings (SSSR count). The van der Waals surface area contributed by atoms with E-state index in [4.69, 9.17) is 0 Å². The number of aromatic amines is 1. The van der Waals surface area contributed by atoms with Crippen LogP contribution in [0.15, 0.2) is 47.0 Å². The van der Waals surface area contributed by atoms with Crippen LogP contribution in [0.3, 0.4) is 0 Å². The van der Waals surface area contributed by atoms with E-state index in [2.05, 4.69) is 43.6 Å². The molecule has 0 saturated carbocycles. The molecule has 21 heavy (non-hydrogen) atoms. The number of hydrogen-bond donors (Lipinski definition) is 2. The van der Waals surface area contributed by atoms with Gasteiger partial charge < -0.3 is 5.32 Å². The third kappa shape index (κ3) is 3.42. The summed E-state index contributed by atoms with van der Waals surface area (Å²) in [6, 6.07) is 9.86. The first-order chi connectivity index (χ1) is 10.2. The van der Waals surface area contributed by atoms with Gasteiger partial charge in [0, 0.05) is 16.1 Å². The molecule has 1 aliphatic rings. The molecule has 0 fully saturated rings. The van der Waals surface area contributed by atoms with Crippen molar-refractivity contribution in [3.8, 4) is 11.3 Å². The largest absolute Gasteiger partial charge is 0.348 e. The van der Waals surface area contributed by atoms with E-state index >= 15 is 0 Å². The fourth-order valence-corrected chi connectivity index (χ4v) is 2.66. The standard InChI is InChI=1S/C16H16BrN3O/c17-12-8-6-11(7-9-12)14-10-15(20-19-14)16(21)18-13-4-2-1-3-5-13/h1-2,6-10,13H,3-5H2,(H,18,21)(H,19,20). The fraction of sp³-hybridized carbons (Fsp3) is 0.250. The normalized spacial score (nSPS) is 17.7. The Balaban J connectivity index is 1.70. The molecule has 1 aliphatic carbocycles. The Bertz CT molecular complexity index is 660. The molecule has 0 radical (unpaired) electrons. The minimum Gasteiger partial charge on any atom is -0.348 e. The van der Waals surface area contributed by atoms with Crippen LogP contribution in [-0.4, -0.2) is 22.1 Å². The predicted octanol–water partition coefficient (Wildman–Crippen LogP) is 3.68. The topological polar surface area (TPSA) is 57.8 Å². The third-order valence-corrected chi connectivity index (χ3v) is 4.10. The Morgan fingerprint density at radius 1 is 1.29 bits per heavy atom. The number of aromatic nitrogens is 2. The molecule has 0 spiro atoms. The van der Waals surface area contributed by atoms with Crippen LogP contribution in [0.1, 0.15) is 29.8 Å². The lowest BCUT2D eigenvalue weighted by atomic mass is 10.0. The predicted molar refractivity (Wildman–Crippen MR) is 86.0 cm³/mol. The Morgan fingerprint density at radius 3 is 2.81 bits per heavy atom. The summed E-state index contributed by atoms with van der Waals surface area (Å²) in [6.07, 6.45) is 7.20. The molecule has 0 aliphatic heterocycles. The van der Waals surface area contributed by atoms with Crippen LogP contribution in [0.4, 0.5) is 0 Å². The van der Waals surface area contributed by atoms with Crippen molar-refractivity contribution in [1.29, 1.82) is 0 Å².